The number of nitrogens with zero attached hydrogens (tertiary/aromatic N) is 2. The SMILES string of the molecule is Cc1nc(-c2ccccc2NC(=O)C2CCNCC2)n[nH]1. The molecule has 2 aromatic rings. The van der Waals surface area contributed by atoms with Crippen LogP contribution in [0.4, 0.5) is 5.69 Å². The van der Waals surface area contributed by atoms with E-state index in [1.807, 2.05) is 31.2 Å². The highest BCUT2D eigenvalue weighted by Crippen LogP contribution is 2.26. The van der Waals surface area contributed by atoms with Crippen LogP contribution in [0.3, 0.4) is 0 Å². The number of piperidine rings is 1. The highest BCUT2D eigenvalue weighted by molar-refractivity contribution is 5.96. The fourth-order valence-electron chi connectivity index (χ4n) is 2.57. The number of hydrogen-bond acceptors (Lipinski definition) is 4. The van der Waals surface area contributed by atoms with Gasteiger partial charge in [0.05, 0.1) is 5.69 Å². The number of benzene rings is 1. The maximum atomic E-state index is 12.4. The maximum Gasteiger partial charge on any atom is 0.227 e. The predicted molar refractivity (Wildman–Crippen MR) is 80.8 cm³/mol. The van der Waals surface area contributed by atoms with Crippen molar-refractivity contribution in [1.82, 2.24) is 20.5 Å². The summed E-state index contributed by atoms with van der Waals surface area (Å²) >= 11 is 0. The van der Waals surface area contributed by atoms with Gasteiger partial charge >= 0.3 is 0 Å². The van der Waals surface area contributed by atoms with Crippen LogP contribution in [0.15, 0.2) is 24.3 Å². The van der Waals surface area contributed by atoms with Crippen LogP contribution in [0.1, 0.15) is 18.7 Å². The second-order valence-electron chi connectivity index (χ2n) is 5.30. The minimum absolute atomic E-state index is 0.0770. The van der Waals surface area contributed by atoms with E-state index in [1.54, 1.807) is 0 Å². The average Bonchev–Trinajstić information content (AvgIpc) is 2.95. The van der Waals surface area contributed by atoms with Gasteiger partial charge in [-0.1, -0.05) is 12.1 Å². The molecule has 6 heteroatoms. The molecule has 0 radical (unpaired) electrons. The Balaban J connectivity index is 1.80. The summed E-state index contributed by atoms with van der Waals surface area (Å²) in [6.07, 6.45) is 1.77. The van der Waals surface area contributed by atoms with Gasteiger partial charge in [-0.2, -0.15) is 5.10 Å². The van der Waals surface area contributed by atoms with Crippen molar-refractivity contribution in [1.29, 1.82) is 0 Å². The van der Waals surface area contributed by atoms with Crippen molar-refractivity contribution >= 4 is 11.6 Å². The number of hydrogen-bond donors (Lipinski definition) is 3. The normalized spacial score (nSPS) is 15.9. The number of aromatic nitrogens is 3. The quantitative estimate of drug-likeness (QED) is 0.802. The number of nitrogens with one attached hydrogen (secondary N) is 3. The van der Waals surface area contributed by atoms with Crippen LogP contribution < -0.4 is 10.6 Å². The van der Waals surface area contributed by atoms with E-state index >= 15 is 0 Å². The minimum Gasteiger partial charge on any atom is -0.325 e. The highest BCUT2D eigenvalue weighted by Gasteiger charge is 2.22. The van der Waals surface area contributed by atoms with E-state index in [-0.39, 0.29) is 11.8 Å². The first-order valence-corrected chi connectivity index (χ1v) is 7.24. The molecule has 1 aromatic heterocycles. The first-order valence-electron chi connectivity index (χ1n) is 7.24. The summed E-state index contributed by atoms with van der Waals surface area (Å²) in [7, 11) is 0. The number of H-pyrrole nitrogens is 1. The van der Waals surface area contributed by atoms with Gasteiger partial charge in [-0.05, 0) is 45.0 Å². The molecule has 0 saturated carbocycles. The smallest absolute Gasteiger partial charge is 0.227 e. The van der Waals surface area contributed by atoms with Crippen LogP contribution in [0.5, 0.6) is 0 Å². The Morgan fingerprint density at radius 1 is 1.29 bits per heavy atom. The third-order valence-corrected chi connectivity index (χ3v) is 3.73. The molecule has 0 spiro atoms. The molecule has 1 aromatic carbocycles. The molecule has 0 unspecified atom stereocenters. The van der Waals surface area contributed by atoms with Gasteiger partial charge in [-0.25, -0.2) is 4.98 Å². The first kappa shape index (κ1) is 13.8. The van der Waals surface area contributed by atoms with Crippen molar-refractivity contribution in [2.45, 2.75) is 19.8 Å². The van der Waals surface area contributed by atoms with E-state index in [0.717, 1.165) is 43.0 Å². The molecule has 1 fully saturated rings. The molecule has 6 nitrogen and oxygen atoms in total. The predicted octanol–water partition coefficient (Wildman–Crippen LogP) is 1.72. The topological polar surface area (TPSA) is 82.7 Å². The van der Waals surface area contributed by atoms with Crippen LogP contribution in [-0.4, -0.2) is 34.2 Å². The van der Waals surface area contributed by atoms with Gasteiger partial charge in [0, 0.05) is 11.5 Å². The van der Waals surface area contributed by atoms with E-state index < -0.39 is 0 Å². The Hall–Kier alpha value is -2.21. The Labute approximate surface area is 123 Å². The summed E-state index contributed by atoms with van der Waals surface area (Å²) in [6.45, 7) is 3.66. The van der Waals surface area contributed by atoms with E-state index in [2.05, 4.69) is 25.8 Å². The average molecular weight is 285 g/mol. The molecule has 110 valence electrons. The third-order valence-electron chi connectivity index (χ3n) is 3.73. The fraction of sp³-hybridized carbons (Fsp3) is 0.400. The highest BCUT2D eigenvalue weighted by atomic mass is 16.1. The van der Waals surface area contributed by atoms with Crippen LogP contribution >= 0.6 is 0 Å². The van der Waals surface area contributed by atoms with Gasteiger partial charge in [0.25, 0.3) is 0 Å². The Morgan fingerprint density at radius 3 is 2.76 bits per heavy atom. The van der Waals surface area contributed by atoms with Crippen molar-refractivity contribution in [3.8, 4) is 11.4 Å². The molecule has 2 heterocycles. The second kappa shape index (κ2) is 6.05. The zero-order chi connectivity index (χ0) is 14.7. The van der Waals surface area contributed by atoms with Crippen molar-refractivity contribution in [2.75, 3.05) is 18.4 Å². The van der Waals surface area contributed by atoms with Crippen LogP contribution in [0, 0.1) is 12.8 Å². The molecule has 1 aliphatic rings. The molecule has 0 atom stereocenters. The number of carbonyl (C=O) groups excluding carboxylic acids is 1. The molecule has 0 bridgehead atoms. The van der Waals surface area contributed by atoms with E-state index in [1.165, 1.54) is 0 Å². The van der Waals surface area contributed by atoms with Gasteiger partial charge in [0.15, 0.2) is 5.82 Å². The lowest BCUT2D eigenvalue weighted by atomic mass is 9.97. The lowest BCUT2D eigenvalue weighted by molar-refractivity contribution is -0.120. The summed E-state index contributed by atoms with van der Waals surface area (Å²) < 4.78 is 0. The lowest BCUT2D eigenvalue weighted by Crippen LogP contribution is -2.34. The maximum absolute atomic E-state index is 12.4. The molecule has 3 rings (SSSR count). The third kappa shape index (κ3) is 3.11. The molecule has 21 heavy (non-hydrogen) atoms. The van der Waals surface area contributed by atoms with E-state index in [0.29, 0.717) is 5.82 Å². The molecular weight excluding hydrogens is 266 g/mol. The number of amides is 1. The molecular formula is C15H19N5O. The van der Waals surface area contributed by atoms with Gasteiger partial charge in [0.1, 0.15) is 5.82 Å². The summed E-state index contributed by atoms with van der Waals surface area (Å²) in [5.41, 5.74) is 1.60. The van der Waals surface area contributed by atoms with Crippen molar-refractivity contribution in [3.63, 3.8) is 0 Å². The van der Waals surface area contributed by atoms with Gasteiger partial charge in [0.2, 0.25) is 5.91 Å². The van der Waals surface area contributed by atoms with Gasteiger partial charge in [-0.15, -0.1) is 0 Å². The monoisotopic (exact) mass is 285 g/mol. The Kier molecular flexibility index (Phi) is 3.96. The number of aromatic amines is 1. The van der Waals surface area contributed by atoms with E-state index in [9.17, 15) is 4.79 Å². The molecule has 1 aliphatic heterocycles. The second-order valence-corrected chi connectivity index (χ2v) is 5.30. The van der Waals surface area contributed by atoms with E-state index in [4.69, 9.17) is 0 Å². The van der Waals surface area contributed by atoms with Crippen molar-refractivity contribution in [2.24, 2.45) is 5.92 Å². The fourth-order valence-corrected chi connectivity index (χ4v) is 2.57. The summed E-state index contributed by atoms with van der Waals surface area (Å²) in [6, 6.07) is 7.63. The zero-order valence-electron chi connectivity index (χ0n) is 12.0. The first-order chi connectivity index (χ1) is 10.2. The van der Waals surface area contributed by atoms with Crippen LogP contribution in [0.25, 0.3) is 11.4 Å². The number of para-hydroxylation sites is 1. The number of rotatable bonds is 3. The number of carbonyl (C=O) groups is 1. The molecule has 1 saturated heterocycles. The summed E-state index contributed by atoms with van der Waals surface area (Å²) in [5.74, 6) is 1.52. The van der Waals surface area contributed by atoms with Crippen LogP contribution in [-0.2, 0) is 4.79 Å². The molecule has 3 N–H and O–H groups in total. The lowest BCUT2D eigenvalue weighted by Gasteiger charge is -2.22. The number of aryl methyl sites for hydroxylation is 1. The van der Waals surface area contributed by atoms with Crippen molar-refractivity contribution in [3.05, 3.63) is 30.1 Å². The number of anilines is 1. The molecule has 0 aliphatic carbocycles. The standard InChI is InChI=1S/C15H19N5O/c1-10-17-14(20-19-10)12-4-2-3-5-13(12)18-15(21)11-6-8-16-9-7-11/h2-5,11,16H,6-9H2,1H3,(H,18,21)(H,17,19,20). The largest absolute Gasteiger partial charge is 0.325 e. The summed E-state index contributed by atoms with van der Waals surface area (Å²) in [5, 5.41) is 13.3. The Bertz CT molecular complexity index is 630. The molecule has 1 amide bonds. The van der Waals surface area contributed by atoms with Crippen LogP contribution in [0.2, 0.25) is 0 Å². The summed E-state index contributed by atoms with van der Waals surface area (Å²) in [4.78, 5) is 16.7. The van der Waals surface area contributed by atoms with Gasteiger partial charge < -0.3 is 10.6 Å². The van der Waals surface area contributed by atoms with Gasteiger partial charge in [-0.3, -0.25) is 9.89 Å². The Morgan fingerprint density at radius 2 is 2.05 bits per heavy atom. The zero-order valence-corrected chi connectivity index (χ0v) is 12.0. The van der Waals surface area contributed by atoms with Crippen molar-refractivity contribution < 1.29 is 4.79 Å². The minimum atomic E-state index is 0.0770.